The maximum absolute atomic E-state index is 13.5. The van der Waals surface area contributed by atoms with Crippen LogP contribution in [0.5, 0.6) is 0 Å². The lowest BCUT2D eigenvalue weighted by Gasteiger charge is -2.33. The van der Waals surface area contributed by atoms with Crippen molar-refractivity contribution < 1.29 is 18.0 Å². The minimum absolute atomic E-state index is 0.126. The molecule has 1 N–H and O–H groups in total. The van der Waals surface area contributed by atoms with E-state index >= 15 is 0 Å². The van der Waals surface area contributed by atoms with Gasteiger partial charge in [-0.3, -0.25) is 13.9 Å². The average molecular weight is 514 g/mol. The van der Waals surface area contributed by atoms with Gasteiger partial charge in [0.25, 0.3) is 0 Å². The van der Waals surface area contributed by atoms with Crippen LogP contribution in [0.4, 0.5) is 5.69 Å². The van der Waals surface area contributed by atoms with Crippen molar-refractivity contribution in [3.63, 3.8) is 0 Å². The highest BCUT2D eigenvalue weighted by molar-refractivity contribution is 7.92. The lowest BCUT2D eigenvalue weighted by atomic mass is 10.1. The van der Waals surface area contributed by atoms with Gasteiger partial charge < -0.3 is 10.2 Å². The van der Waals surface area contributed by atoms with E-state index in [0.29, 0.717) is 23.0 Å². The Morgan fingerprint density at radius 2 is 1.70 bits per heavy atom. The largest absolute Gasteiger partial charge is 0.354 e. The third-order valence-electron chi connectivity index (χ3n) is 4.98. The fraction of sp³-hybridized carbons (Fsp3) is 0.391. The van der Waals surface area contributed by atoms with E-state index in [-0.39, 0.29) is 18.1 Å². The van der Waals surface area contributed by atoms with Gasteiger partial charge in [0.1, 0.15) is 12.6 Å². The molecular weight excluding hydrogens is 485 g/mol. The molecule has 0 aliphatic rings. The topological polar surface area (TPSA) is 86.8 Å². The van der Waals surface area contributed by atoms with Gasteiger partial charge >= 0.3 is 0 Å². The molecule has 0 bridgehead atoms. The van der Waals surface area contributed by atoms with Crippen LogP contribution in [0, 0.1) is 0 Å². The number of sulfonamides is 1. The van der Waals surface area contributed by atoms with Crippen molar-refractivity contribution in [2.45, 2.75) is 39.3 Å². The SMILES string of the molecule is CCCNC(=O)[C@H](CC)N(Cc1ccc(Cl)cc1)C(=O)CN(c1cccc(Cl)c1)S(C)(=O)=O. The zero-order valence-corrected chi connectivity index (χ0v) is 21.3. The van der Waals surface area contributed by atoms with E-state index in [4.69, 9.17) is 23.2 Å². The number of anilines is 1. The van der Waals surface area contributed by atoms with E-state index in [9.17, 15) is 18.0 Å². The lowest BCUT2D eigenvalue weighted by molar-refractivity contribution is -0.140. The van der Waals surface area contributed by atoms with Crippen LogP contribution in [-0.4, -0.2) is 50.5 Å². The minimum Gasteiger partial charge on any atom is -0.354 e. The highest BCUT2D eigenvalue weighted by Crippen LogP contribution is 2.23. The predicted molar refractivity (Wildman–Crippen MR) is 133 cm³/mol. The van der Waals surface area contributed by atoms with Crippen molar-refractivity contribution in [1.82, 2.24) is 10.2 Å². The molecule has 0 fully saturated rings. The van der Waals surface area contributed by atoms with Gasteiger partial charge in [0.2, 0.25) is 21.8 Å². The Labute approximate surface area is 205 Å². The van der Waals surface area contributed by atoms with Crippen molar-refractivity contribution in [1.29, 1.82) is 0 Å². The number of nitrogens with zero attached hydrogens (tertiary/aromatic N) is 2. The van der Waals surface area contributed by atoms with Crippen molar-refractivity contribution in [3.05, 3.63) is 64.1 Å². The molecule has 0 saturated carbocycles. The first-order chi connectivity index (χ1) is 15.6. The molecule has 1 atom stereocenters. The predicted octanol–water partition coefficient (Wildman–Crippen LogP) is 4.09. The van der Waals surface area contributed by atoms with Crippen molar-refractivity contribution in [3.8, 4) is 0 Å². The van der Waals surface area contributed by atoms with Gasteiger partial charge in [-0.2, -0.15) is 0 Å². The number of hydrogen-bond donors (Lipinski definition) is 1. The van der Waals surface area contributed by atoms with Gasteiger partial charge in [-0.1, -0.05) is 55.2 Å². The molecule has 10 heteroatoms. The monoisotopic (exact) mass is 513 g/mol. The molecule has 2 aromatic rings. The molecule has 2 amide bonds. The van der Waals surface area contributed by atoms with E-state index in [1.807, 2.05) is 13.8 Å². The molecular formula is C23H29Cl2N3O4S. The molecule has 0 aliphatic carbocycles. The number of nitrogens with one attached hydrogen (secondary N) is 1. The summed E-state index contributed by atoms with van der Waals surface area (Å²) in [5, 5.41) is 3.73. The summed E-state index contributed by atoms with van der Waals surface area (Å²) >= 11 is 12.0. The smallest absolute Gasteiger partial charge is 0.244 e. The average Bonchev–Trinajstić information content (AvgIpc) is 2.76. The van der Waals surface area contributed by atoms with E-state index in [1.165, 1.54) is 11.0 Å². The summed E-state index contributed by atoms with van der Waals surface area (Å²) in [6, 6.07) is 12.4. The van der Waals surface area contributed by atoms with Crippen LogP contribution in [0.2, 0.25) is 10.0 Å². The molecule has 180 valence electrons. The molecule has 0 aliphatic heterocycles. The van der Waals surface area contributed by atoms with Crippen molar-refractivity contribution in [2.75, 3.05) is 23.7 Å². The molecule has 0 heterocycles. The van der Waals surface area contributed by atoms with Gasteiger partial charge in [-0.15, -0.1) is 0 Å². The number of hydrogen-bond acceptors (Lipinski definition) is 4. The molecule has 2 aromatic carbocycles. The van der Waals surface area contributed by atoms with Crippen molar-refractivity contribution in [2.24, 2.45) is 0 Å². The van der Waals surface area contributed by atoms with E-state index < -0.39 is 28.5 Å². The summed E-state index contributed by atoms with van der Waals surface area (Å²) in [5.74, 6) is -0.788. The third kappa shape index (κ3) is 7.91. The molecule has 2 rings (SSSR count). The summed E-state index contributed by atoms with van der Waals surface area (Å²) < 4.78 is 26.1. The van der Waals surface area contributed by atoms with Gasteiger partial charge in [0.15, 0.2) is 0 Å². The second kappa shape index (κ2) is 12.3. The van der Waals surface area contributed by atoms with Crippen LogP contribution < -0.4 is 9.62 Å². The molecule has 0 aromatic heterocycles. The Morgan fingerprint density at radius 1 is 1.03 bits per heavy atom. The Kier molecular flexibility index (Phi) is 10.0. The normalized spacial score (nSPS) is 12.2. The number of amides is 2. The zero-order chi connectivity index (χ0) is 24.6. The number of rotatable bonds is 11. The van der Waals surface area contributed by atoms with Crippen LogP contribution in [-0.2, 0) is 26.2 Å². The van der Waals surface area contributed by atoms with Crippen LogP contribution in [0.1, 0.15) is 32.3 Å². The highest BCUT2D eigenvalue weighted by Gasteiger charge is 2.31. The lowest BCUT2D eigenvalue weighted by Crippen LogP contribution is -2.52. The number of carbonyl (C=O) groups is 2. The highest BCUT2D eigenvalue weighted by atomic mass is 35.5. The zero-order valence-electron chi connectivity index (χ0n) is 18.9. The minimum atomic E-state index is -3.80. The second-order valence-electron chi connectivity index (χ2n) is 7.61. The first-order valence-electron chi connectivity index (χ1n) is 10.6. The number of carbonyl (C=O) groups excluding carboxylic acids is 2. The van der Waals surface area contributed by atoms with Gasteiger partial charge in [-0.25, -0.2) is 8.42 Å². The van der Waals surface area contributed by atoms with Crippen LogP contribution in [0.15, 0.2) is 48.5 Å². The third-order valence-corrected chi connectivity index (χ3v) is 6.60. The number of benzene rings is 2. The summed E-state index contributed by atoms with van der Waals surface area (Å²) in [7, 11) is -3.80. The van der Waals surface area contributed by atoms with E-state index in [2.05, 4.69) is 5.32 Å². The Morgan fingerprint density at radius 3 is 2.24 bits per heavy atom. The first kappa shape index (κ1) is 27.0. The standard InChI is InChI=1S/C23H29Cl2N3O4S/c1-4-13-26-23(30)21(5-2)27(15-17-9-11-18(24)12-10-17)22(29)16-28(33(3,31)32)20-8-6-7-19(25)14-20/h6-12,14,21H,4-5,13,15-16H2,1-3H3,(H,26,30)/t21-/m0/s1. The summed E-state index contributed by atoms with van der Waals surface area (Å²) in [6.07, 6.45) is 2.14. The fourth-order valence-corrected chi connectivity index (χ4v) is 4.47. The fourth-order valence-electron chi connectivity index (χ4n) is 3.32. The van der Waals surface area contributed by atoms with Crippen LogP contribution >= 0.6 is 23.2 Å². The number of halogens is 2. The van der Waals surface area contributed by atoms with Gasteiger partial charge in [-0.05, 0) is 48.7 Å². The molecule has 0 saturated heterocycles. The first-order valence-corrected chi connectivity index (χ1v) is 13.2. The van der Waals surface area contributed by atoms with Crippen LogP contribution in [0.3, 0.4) is 0 Å². The van der Waals surface area contributed by atoms with E-state index in [0.717, 1.165) is 22.5 Å². The maximum atomic E-state index is 13.5. The molecule has 33 heavy (non-hydrogen) atoms. The van der Waals surface area contributed by atoms with E-state index in [1.54, 1.807) is 42.5 Å². The summed E-state index contributed by atoms with van der Waals surface area (Å²) in [5.41, 5.74) is 1.04. The Hall–Kier alpha value is -2.29. The molecule has 7 nitrogen and oxygen atoms in total. The van der Waals surface area contributed by atoms with Gasteiger partial charge in [0, 0.05) is 23.1 Å². The Balaban J connectivity index is 2.41. The van der Waals surface area contributed by atoms with Crippen molar-refractivity contribution >= 4 is 50.7 Å². The second-order valence-corrected chi connectivity index (χ2v) is 10.4. The molecule has 0 radical (unpaired) electrons. The Bertz CT molecular complexity index is 1060. The quantitative estimate of drug-likeness (QED) is 0.490. The van der Waals surface area contributed by atoms with Crippen LogP contribution in [0.25, 0.3) is 0 Å². The summed E-state index contributed by atoms with van der Waals surface area (Å²) in [6.45, 7) is 3.89. The molecule has 0 unspecified atom stereocenters. The maximum Gasteiger partial charge on any atom is 0.244 e. The molecule has 0 spiro atoms. The summed E-state index contributed by atoms with van der Waals surface area (Å²) in [4.78, 5) is 27.7. The van der Waals surface area contributed by atoms with Gasteiger partial charge in [0.05, 0.1) is 11.9 Å².